The van der Waals surface area contributed by atoms with Crippen LogP contribution in [0.5, 0.6) is 5.75 Å². The fraction of sp³-hybridized carbons (Fsp3) is 0.286. The van der Waals surface area contributed by atoms with E-state index >= 15 is 0 Å². The Kier molecular flexibility index (Phi) is 6.68. The summed E-state index contributed by atoms with van der Waals surface area (Å²) >= 11 is 5.70. The van der Waals surface area contributed by atoms with Gasteiger partial charge in [0.2, 0.25) is 0 Å². The van der Waals surface area contributed by atoms with Crippen LogP contribution >= 0.6 is 11.6 Å². The van der Waals surface area contributed by atoms with Gasteiger partial charge in [0.15, 0.2) is 0 Å². The molecule has 5 heteroatoms. The van der Waals surface area contributed by atoms with E-state index in [9.17, 15) is 9.59 Å². The van der Waals surface area contributed by atoms with E-state index in [0.717, 1.165) is 25.0 Å². The van der Waals surface area contributed by atoms with Gasteiger partial charge < -0.3 is 9.47 Å². The molecule has 0 atom stereocenters. The van der Waals surface area contributed by atoms with E-state index in [1.165, 1.54) is 0 Å². The van der Waals surface area contributed by atoms with Gasteiger partial charge in [-0.1, -0.05) is 24.9 Å². The van der Waals surface area contributed by atoms with Gasteiger partial charge in [0, 0.05) is 17.2 Å². The zero-order chi connectivity index (χ0) is 14.1. The molecule has 0 heterocycles. The number of esters is 2. The summed E-state index contributed by atoms with van der Waals surface area (Å²) in [6, 6.07) is 6.33. The van der Waals surface area contributed by atoms with E-state index in [4.69, 9.17) is 21.1 Å². The summed E-state index contributed by atoms with van der Waals surface area (Å²) in [4.78, 5) is 22.6. The zero-order valence-corrected chi connectivity index (χ0v) is 11.4. The van der Waals surface area contributed by atoms with Crippen LogP contribution in [0.1, 0.15) is 19.8 Å². The summed E-state index contributed by atoms with van der Waals surface area (Å²) in [5, 5.41) is 0.551. The number of rotatable bonds is 6. The second-order valence-electron chi connectivity index (χ2n) is 3.73. The molecular weight excluding hydrogens is 268 g/mol. The Labute approximate surface area is 117 Å². The lowest BCUT2D eigenvalue weighted by atomic mass is 10.3. The molecule has 1 rings (SSSR count). The molecule has 0 aliphatic heterocycles. The zero-order valence-electron chi connectivity index (χ0n) is 10.6. The van der Waals surface area contributed by atoms with Crippen molar-refractivity contribution in [1.29, 1.82) is 0 Å². The van der Waals surface area contributed by atoms with Crippen molar-refractivity contribution < 1.29 is 19.1 Å². The van der Waals surface area contributed by atoms with Crippen LogP contribution in [0.15, 0.2) is 36.4 Å². The molecule has 0 aliphatic rings. The third-order valence-electron chi connectivity index (χ3n) is 2.13. The van der Waals surface area contributed by atoms with E-state index in [1.54, 1.807) is 24.3 Å². The molecule has 0 saturated heterocycles. The van der Waals surface area contributed by atoms with Crippen molar-refractivity contribution in [3.63, 3.8) is 0 Å². The Hall–Kier alpha value is -1.81. The van der Waals surface area contributed by atoms with Crippen LogP contribution in [-0.2, 0) is 14.3 Å². The average molecular weight is 283 g/mol. The Morgan fingerprint density at radius 3 is 2.42 bits per heavy atom. The number of hydrogen-bond donors (Lipinski definition) is 0. The first-order chi connectivity index (χ1) is 9.11. The van der Waals surface area contributed by atoms with Crippen LogP contribution < -0.4 is 4.74 Å². The molecule has 0 spiro atoms. The lowest BCUT2D eigenvalue weighted by molar-refractivity contribution is -0.138. The molecule has 0 saturated carbocycles. The van der Waals surface area contributed by atoms with E-state index in [2.05, 4.69) is 0 Å². The van der Waals surface area contributed by atoms with Crippen molar-refractivity contribution in [3.8, 4) is 5.75 Å². The van der Waals surface area contributed by atoms with Crippen molar-refractivity contribution in [3.05, 3.63) is 41.4 Å². The summed E-state index contributed by atoms with van der Waals surface area (Å²) in [6.07, 6.45) is 3.82. The molecule has 102 valence electrons. The minimum atomic E-state index is -0.644. The number of carbonyl (C=O) groups is 2. The van der Waals surface area contributed by atoms with Crippen molar-refractivity contribution in [2.45, 2.75) is 19.8 Å². The van der Waals surface area contributed by atoms with E-state index in [0.29, 0.717) is 17.4 Å². The van der Waals surface area contributed by atoms with Crippen molar-refractivity contribution in [1.82, 2.24) is 0 Å². The summed E-state index contributed by atoms with van der Waals surface area (Å²) in [5.74, 6) is -0.838. The standard InChI is InChI=1S/C14H15ClO4/c1-2-3-10-18-13(16)8-9-14(17)19-12-6-4-11(15)5-7-12/h4-9H,2-3,10H2,1H3/b9-8+. The molecule has 0 aromatic heterocycles. The predicted molar refractivity (Wildman–Crippen MR) is 72.1 cm³/mol. The van der Waals surface area contributed by atoms with E-state index in [-0.39, 0.29) is 0 Å². The monoisotopic (exact) mass is 282 g/mol. The number of unbranched alkanes of at least 4 members (excludes halogenated alkanes) is 1. The normalized spacial score (nSPS) is 10.4. The number of hydrogen-bond acceptors (Lipinski definition) is 4. The lowest BCUT2D eigenvalue weighted by Crippen LogP contribution is -2.07. The van der Waals surface area contributed by atoms with Gasteiger partial charge in [-0.3, -0.25) is 0 Å². The molecule has 0 N–H and O–H groups in total. The predicted octanol–water partition coefficient (Wildman–Crippen LogP) is 3.14. The van der Waals surface area contributed by atoms with Crippen LogP contribution in [0, 0.1) is 0 Å². The topological polar surface area (TPSA) is 52.6 Å². The fourth-order valence-electron chi connectivity index (χ4n) is 1.15. The molecule has 1 aromatic carbocycles. The Balaban J connectivity index is 2.38. The SMILES string of the molecule is CCCCOC(=O)/C=C/C(=O)Oc1ccc(Cl)cc1. The number of halogens is 1. The van der Waals surface area contributed by atoms with Crippen LogP contribution in [-0.4, -0.2) is 18.5 Å². The number of carbonyl (C=O) groups excluding carboxylic acids is 2. The molecule has 0 fully saturated rings. The van der Waals surface area contributed by atoms with Crippen LogP contribution in [0.4, 0.5) is 0 Å². The van der Waals surface area contributed by atoms with Crippen molar-refractivity contribution in [2.24, 2.45) is 0 Å². The minimum absolute atomic E-state index is 0.353. The molecule has 0 radical (unpaired) electrons. The van der Waals surface area contributed by atoms with E-state index < -0.39 is 11.9 Å². The summed E-state index contributed by atoms with van der Waals surface area (Å²) < 4.78 is 9.80. The van der Waals surface area contributed by atoms with Gasteiger partial charge in [0.05, 0.1) is 6.61 Å². The van der Waals surface area contributed by atoms with Crippen LogP contribution in [0.3, 0.4) is 0 Å². The molecule has 19 heavy (non-hydrogen) atoms. The molecule has 0 unspecified atom stereocenters. The van der Waals surface area contributed by atoms with Crippen LogP contribution in [0.25, 0.3) is 0 Å². The average Bonchev–Trinajstić information content (AvgIpc) is 2.39. The Morgan fingerprint density at radius 1 is 1.16 bits per heavy atom. The first kappa shape index (κ1) is 15.2. The highest BCUT2D eigenvalue weighted by Crippen LogP contribution is 2.15. The van der Waals surface area contributed by atoms with Gasteiger partial charge in [-0.2, -0.15) is 0 Å². The number of ether oxygens (including phenoxy) is 2. The first-order valence-corrected chi connectivity index (χ1v) is 6.32. The third kappa shape index (κ3) is 6.62. The molecule has 0 bridgehead atoms. The van der Waals surface area contributed by atoms with Gasteiger partial charge in [-0.15, -0.1) is 0 Å². The smallest absolute Gasteiger partial charge is 0.336 e. The molecule has 0 aliphatic carbocycles. The maximum Gasteiger partial charge on any atom is 0.336 e. The third-order valence-corrected chi connectivity index (χ3v) is 2.38. The molecule has 1 aromatic rings. The van der Waals surface area contributed by atoms with Gasteiger partial charge in [0.1, 0.15) is 5.75 Å². The molecule has 4 nitrogen and oxygen atoms in total. The molecule has 0 amide bonds. The first-order valence-electron chi connectivity index (χ1n) is 5.94. The van der Waals surface area contributed by atoms with Crippen molar-refractivity contribution in [2.75, 3.05) is 6.61 Å². The second-order valence-corrected chi connectivity index (χ2v) is 4.17. The van der Waals surface area contributed by atoms with Gasteiger partial charge >= 0.3 is 11.9 Å². The highest BCUT2D eigenvalue weighted by molar-refractivity contribution is 6.30. The molecular formula is C14H15ClO4. The van der Waals surface area contributed by atoms with E-state index in [1.807, 2.05) is 6.92 Å². The Morgan fingerprint density at radius 2 is 1.79 bits per heavy atom. The largest absolute Gasteiger partial charge is 0.463 e. The van der Waals surface area contributed by atoms with Crippen LogP contribution in [0.2, 0.25) is 5.02 Å². The van der Waals surface area contributed by atoms with Crippen molar-refractivity contribution >= 4 is 23.5 Å². The lowest BCUT2D eigenvalue weighted by Gasteiger charge is -2.01. The maximum atomic E-state index is 11.4. The van der Waals surface area contributed by atoms with Gasteiger partial charge in [0.25, 0.3) is 0 Å². The highest BCUT2D eigenvalue weighted by atomic mass is 35.5. The second kappa shape index (κ2) is 8.32. The summed E-state index contributed by atoms with van der Waals surface area (Å²) in [6.45, 7) is 2.35. The van der Waals surface area contributed by atoms with Gasteiger partial charge in [-0.05, 0) is 30.7 Å². The highest BCUT2D eigenvalue weighted by Gasteiger charge is 2.02. The Bertz CT molecular complexity index is 451. The summed E-state index contributed by atoms with van der Waals surface area (Å²) in [5.41, 5.74) is 0. The van der Waals surface area contributed by atoms with Gasteiger partial charge in [-0.25, -0.2) is 9.59 Å². The fourth-order valence-corrected chi connectivity index (χ4v) is 1.28. The quantitative estimate of drug-likeness (QED) is 0.348. The number of benzene rings is 1. The summed E-state index contributed by atoms with van der Waals surface area (Å²) in [7, 11) is 0. The maximum absolute atomic E-state index is 11.4. The minimum Gasteiger partial charge on any atom is -0.463 e.